The molecule has 0 spiro atoms. The summed E-state index contributed by atoms with van der Waals surface area (Å²) in [6.07, 6.45) is 3.07. The summed E-state index contributed by atoms with van der Waals surface area (Å²) in [4.78, 5) is 17.4. The number of nitrogens with zero attached hydrogens (tertiary/aromatic N) is 2. The number of carbonyl (C=O) groups is 1. The largest absolute Gasteiger partial charge is 0.481 e. The second-order valence-electron chi connectivity index (χ2n) is 4.64. The summed E-state index contributed by atoms with van der Waals surface area (Å²) in [5.41, 5.74) is 1.17. The van der Waals surface area contributed by atoms with Crippen LogP contribution in [0, 0.1) is 0 Å². The number of thiazole rings is 1. The highest BCUT2D eigenvalue weighted by atomic mass is 32.1. The Morgan fingerprint density at radius 3 is 2.94 bits per heavy atom. The molecule has 1 fully saturated rings. The minimum absolute atomic E-state index is 0.181. The van der Waals surface area contributed by atoms with E-state index in [1.807, 2.05) is 0 Å². The molecule has 1 aromatic rings. The predicted molar refractivity (Wildman–Crippen MR) is 67.5 cm³/mol. The third-order valence-corrected chi connectivity index (χ3v) is 4.19. The van der Waals surface area contributed by atoms with Crippen molar-refractivity contribution < 1.29 is 9.90 Å². The average molecular weight is 254 g/mol. The smallest absolute Gasteiger partial charge is 0.303 e. The van der Waals surface area contributed by atoms with Gasteiger partial charge >= 0.3 is 5.97 Å². The van der Waals surface area contributed by atoms with Crippen LogP contribution in [0.5, 0.6) is 0 Å². The molecule has 0 amide bonds. The zero-order chi connectivity index (χ0) is 12.3. The van der Waals surface area contributed by atoms with Gasteiger partial charge in [0.25, 0.3) is 0 Å². The van der Waals surface area contributed by atoms with Gasteiger partial charge in [0.15, 0.2) is 0 Å². The summed E-state index contributed by atoms with van der Waals surface area (Å²) in [5.74, 6) is -0.179. The Labute approximate surface area is 105 Å². The topological polar surface area (TPSA) is 53.4 Å². The van der Waals surface area contributed by atoms with Crippen molar-refractivity contribution in [2.45, 2.75) is 31.6 Å². The van der Waals surface area contributed by atoms with Gasteiger partial charge in [-0.05, 0) is 33.0 Å². The first-order valence-corrected chi connectivity index (χ1v) is 6.88. The van der Waals surface area contributed by atoms with Crippen LogP contribution >= 0.6 is 11.3 Å². The highest BCUT2D eigenvalue weighted by molar-refractivity contribution is 7.09. The minimum Gasteiger partial charge on any atom is -0.481 e. The normalized spacial score (nSPS) is 18.4. The quantitative estimate of drug-likeness (QED) is 0.892. The first-order valence-electron chi connectivity index (χ1n) is 6.00. The molecule has 5 heteroatoms. The fourth-order valence-electron chi connectivity index (χ4n) is 2.15. The number of aliphatic carboxylic acids is 1. The van der Waals surface area contributed by atoms with Crippen LogP contribution in [0.25, 0.3) is 0 Å². The molecule has 94 valence electrons. The molecule has 0 unspecified atom stereocenters. The number of rotatable bonds is 4. The Bertz CT molecular complexity index is 384. The summed E-state index contributed by atoms with van der Waals surface area (Å²) in [7, 11) is 2.15. The SMILES string of the molecule is CN1CCC(c2csc(CCC(=O)O)n2)CC1. The lowest BCUT2D eigenvalue weighted by atomic mass is 9.95. The minimum atomic E-state index is -0.749. The van der Waals surface area contributed by atoms with E-state index in [2.05, 4.69) is 22.3 Å². The van der Waals surface area contributed by atoms with Gasteiger partial charge in [0.2, 0.25) is 0 Å². The first kappa shape index (κ1) is 12.5. The second-order valence-corrected chi connectivity index (χ2v) is 5.58. The van der Waals surface area contributed by atoms with E-state index in [0.29, 0.717) is 12.3 Å². The zero-order valence-electron chi connectivity index (χ0n) is 10.1. The van der Waals surface area contributed by atoms with E-state index in [1.54, 1.807) is 11.3 Å². The molecule has 4 nitrogen and oxygen atoms in total. The van der Waals surface area contributed by atoms with Crippen molar-refractivity contribution in [2.24, 2.45) is 0 Å². The van der Waals surface area contributed by atoms with E-state index >= 15 is 0 Å². The van der Waals surface area contributed by atoms with E-state index in [4.69, 9.17) is 5.11 Å². The molecule has 2 rings (SSSR count). The van der Waals surface area contributed by atoms with Crippen molar-refractivity contribution >= 4 is 17.3 Å². The second kappa shape index (κ2) is 5.60. The van der Waals surface area contributed by atoms with Crippen LogP contribution in [-0.2, 0) is 11.2 Å². The van der Waals surface area contributed by atoms with E-state index in [1.165, 1.54) is 18.5 Å². The van der Waals surface area contributed by atoms with Gasteiger partial charge in [-0.25, -0.2) is 4.98 Å². The molecule has 0 aliphatic carbocycles. The summed E-state index contributed by atoms with van der Waals surface area (Å²) in [5, 5.41) is 11.7. The summed E-state index contributed by atoms with van der Waals surface area (Å²) in [6, 6.07) is 0. The molecule has 1 saturated heterocycles. The number of likely N-dealkylation sites (tertiary alicyclic amines) is 1. The van der Waals surface area contributed by atoms with Crippen molar-refractivity contribution in [2.75, 3.05) is 20.1 Å². The number of carboxylic acids is 1. The zero-order valence-corrected chi connectivity index (χ0v) is 10.9. The van der Waals surface area contributed by atoms with Crippen LogP contribution in [0.1, 0.15) is 35.9 Å². The Hall–Kier alpha value is -0.940. The van der Waals surface area contributed by atoms with Gasteiger partial charge in [0.05, 0.1) is 17.1 Å². The van der Waals surface area contributed by atoms with Crippen LogP contribution in [0.4, 0.5) is 0 Å². The monoisotopic (exact) mass is 254 g/mol. The molecule has 2 heterocycles. The van der Waals surface area contributed by atoms with Gasteiger partial charge in [0, 0.05) is 17.7 Å². The van der Waals surface area contributed by atoms with Crippen LogP contribution in [-0.4, -0.2) is 41.1 Å². The number of aromatic nitrogens is 1. The van der Waals surface area contributed by atoms with Crippen molar-refractivity contribution in [1.29, 1.82) is 0 Å². The summed E-state index contributed by atoms with van der Waals surface area (Å²) >= 11 is 1.60. The number of aryl methyl sites for hydroxylation is 1. The van der Waals surface area contributed by atoms with E-state index in [9.17, 15) is 4.79 Å². The van der Waals surface area contributed by atoms with Crippen LogP contribution in [0.3, 0.4) is 0 Å². The molecular formula is C12H18N2O2S. The molecule has 0 saturated carbocycles. The van der Waals surface area contributed by atoms with Crippen molar-refractivity contribution in [3.63, 3.8) is 0 Å². The molecule has 1 aliphatic rings. The molecule has 1 N–H and O–H groups in total. The van der Waals surface area contributed by atoms with Gasteiger partial charge in [-0.3, -0.25) is 4.79 Å². The van der Waals surface area contributed by atoms with E-state index in [-0.39, 0.29) is 6.42 Å². The molecule has 0 radical (unpaired) electrons. The standard InChI is InChI=1S/C12H18N2O2S/c1-14-6-4-9(5-7-14)10-8-17-11(13-10)2-3-12(15)16/h8-9H,2-7H2,1H3,(H,15,16). The van der Waals surface area contributed by atoms with Gasteiger partial charge in [0.1, 0.15) is 0 Å². The maximum atomic E-state index is 10.5. The number of hydrogen-bond donors (Lipinski definition) is 1. The Balaban J connectivity index is 1.91. The fourth-order valence-corrected chi connectivity index (χ4v) is 3.03. The van der Waals surface area contributed by atoms with Crippen LogP contribution < -0.4 is 0 Å². The Morgan fingerprint density at radius 2 is 2.29 bits per heavy atom. The van der Waals surface area contributed by atoms with Crippen LogP contribution in [0.2, 0.25) is 0 Å². The van der Waals surface area contributed by atoms with E-state index in [0.717, 1.165) is 18.1 Å². The maximum absolute atomic E-state index is 10.5. The van der Waals surface area contributed by atoms with E-state index < -0.39 is 5.97 Å². The predicted octanol–water partition coefficient (Wildman–Crippen LogP) is 1.97. The molecule has 1 aromatic heterocycles. The Kier molecular flexibility index (Phi) is 4.12. The van der Waals surface area contributed by atoms with Crippen molar-refractivity contribution in [3.05, 3.63) is 16.1 Å². The molecule has 0 atom stereocenters. The Morgan fingerprint density at radius 1 is 1.59 bits per heavy atom. The third-order valence-electron chi connectivity index (χ3n) is 3.26. The lowest BCUT2D eigenvalue weighted by molar-refractivity contribution is -0.136. The first-order chi connectivity index (χ1) is 8.15. The molecule has 0 bridgehead atoms. The lowest BCUT2D eigenvalue weighted by Gasteiger charge is -2.27. The number of hydrogen-bond acceptors (Lipinski definition) is 4. The van der Waals surface area contributed by atoms with Gasteiger partial charge in [-0.2, -0.15) is 0 Å². The molecular weight excluding hydrogens is 236 g/mol. The van der Waals surface area contributed by atoms with Gasteiger partial charge in [-0.15, -0.1) is 11.3 Å². The summed E-state index contributed by atoms with van der Waals surface area (Å²) < 4.78 is 0. The number of carboxylic acid groups (broad SMARTS) is 1. The van der Waals surface area contributed by atoms with Crippen LogP contribution in [0.15, 0.2) is 5.38 Å². The van der Waals surface area contributed by atoms with Crippen molar-refractivity contribution in [1.82, 2.24) is 9.88 Å². The maximum Gasteiger partial charge on any atom is 0.303 e. The molecule has 17 heavy (non-hydrogen) atoms. The highest BCUT2D eigenvalue weighted by Gasteiger charge is 2.20. The summed E-state index contributed by atoms with van der Waals surface area (Å²) in [6.45, 7) is 2.26. The van der Waals surface area contributed by atoms with Gasteiger partial charge < -0.3 is 10.0 Å². The average Bonchev–Trinajstić information content (AvgIpc) is 2.76. The third kappa shape index (κ3) is 3.51. The van der Waals surface area contributed by atoms with Crippen molar-refractivity contribution in [3.8, 4) is 0 Å². The fraction of sp³-hybridized carbons (Fsp3) is 0.667. The highest BCUT2D eigenvalue weighted by Crippen LogP contribution is 2.28. The van der Waals surface area contributed by atoms with Gasteiger partial charge in [-0.1, -0.05) is 0 Å². The lowest BCUT2D eigenvalue weighted by Crippen LogP contribution is -2.29. The molecule has 0 aromatic carbocycles. The number of piperidine rings is 1. The molecule has 1 aliphatic heterocycles.